The van der Waals surface area contributed by atoms with Crippen molar-refractivity contribution in [3.8, 4) is 0 Å². The standard InChI is InChI=1S/C14H19BrFN/c1-9-4-3-5-10(2)14(9)17-13-7-6-11(15)8-12(13)16/h6-10,14,17H,3-5H2,1-2H3. The summed E-state index contributed by atoms with van der Waals surface area (Å²) in [6.45, 7) is 4.51. The summed E-state index contributed by atoms with van der Waals surface area (Å²) < 4.78 is 14.5. The largest absolute Gasteiger partial charge is 0.379 e. The lowest BCUT2D eigenvalue weighted by molar-refractivity contribution is 0.267. The van der Waals surface area contributed by atoms with Gasteiger partial charge in [-0.3, -0.25) is 0 Å². The number of benzene rings is 1. The number of halogens is 2. The third kappa shape index (κ3) is 3.01. The lowest BCUT2D eigenvalue weighted by Gasteiger charge is -2.36. The second-order valence-electron chi connectivity index (χ2n) is 5.18. The SMILES string of the molecule is CC1CCCC(C)C1Nc1ccc(Br)cc1F. The smallest absolute Gasteiger partial charge is 0.147 e. The van der Waals surface area contributed by atoms with E-state index in [1.165, 1.54) is 25.3 Å². The fourth-order valence-corrected chi connectivity index (χ4v) is 3.09. The molecular formula is C14H19BrFN. The number of hydrogen-bond donors (Lipinski definition) is 1. The van der Waals surface area contributed by atoms with Crippen molar-refractivity contribution < 1.29 is 4.39 Å². The van der Waals surface area contributed by atoms with Crippen LogP contribution in [0.3, 0.4) is 0 Å². The quantitative estimate of drug-likeness (QED) is 0.825. The minimum Gasteiger partial charge on any atom is -0.379 e. The number of nitrogens with one attached hydrogen (secondary N) is 1. The highest BCUT2D eigenvalue weighted by molar-refractivity contribution is 9.10. The van der Waals surface area contributed by atoms with Crippen LogP contribution in [0.4, 0.5) is 10.1 Å². The molecule has 1 aromatic carbocycles. The zero-order chi connectivity index (χ0) is 12.4. The molecule has 1 fully saturated rings. The van der Waals surface area contributed by atoms with Crippen LogP contribution < -0.4 is 5.32 Å². The average Bonchev–Trinajstić information content (AvgIpc) is 2.26. The van der Waals surface area contributed by atoms with Crippen LogP contribution in [-0.2, 0) is 0 Å². The summed E-state index contributed by atoms with van der Waals surface area (Å²) in [4.78, 5) is 0. The van der Waals surface area contributed by atoms with E-state index < -0.39 is 0 Å². The molecule has 1 saturated carbocycles. The molecule has 1 nitrogen and oxygen atoms in total. The molecule has 2 unspecified atom stereocenters. The lowest BCUT2D eigenvalue weighted by Crippen LogP contribution is -2.37. The molecule has 0 spiro atoms. The van der Waals surface area contributed by atoms with E-state index in [0.717, 1.165) is 4.47 Å². The van der Waals surface area contributed by atoms with Gasteiger partial charge in [0, 0.05) is 10.5 Å². The Morgan fingerprint density at radius 2 is 1.88 bits per heavy atom. The summed E-state index contributed by atoms with van der Waals surface area (Å²) in [5.41, 5.74) is 0.624. The molecule has 0 aromatic heterocycles. The first-order valence-electron chi connectivity index (χ1n) is 6.29. The highest BCUT2D eigenvalue weighted by Crippen LogP contribution is 2.32. The van der Waals surface area contributed by atoms with E-state index in [1.54, 1.807) is 0 Å². The van der Waals surface area contributed by atoms with E-state index in [4.69, 9.17) is 0 Å². The van der Waals surface area contributed by atoms with Gasteiger partial charge in [0.15, 0.2) is 0 Å². The van der Waals surface area contributed by atoms with Gasteiger partial charge in [-0.15, -0.1) is 0 Å². The van der Waals surface area contributed by atoms with Gasteiger partial charge in [0.05, 0.1) is 5.69 Å². The van der Waals surface area contributed by atoms with Crippen molar-refractivity contribution in [2.24, 2.45) is 11.8 Å². The molecular weight excluding hydrogens is 281 g/mol. The molecule has 3 heteroatoms. The molecule has 94 valence electrons. The highest BCUT2D eigenvalue weighted by Gasteiger charge is 2.27. The van der Waals surface area contributed by atoms with Gasteiger partial charge in [-0.2, -0.15) is 0 Å². The van der Waals surface area contributed by atoms with Gasteiger partial charge in [0.25, 0.3) is 0 Å². The maximum Gasteiger partial charge on any atom is 0.147 e. The van der Waals surface area contributed by atoms with E-state index in [2.05, 4.69) is 35.1 Å². The monoisotopic (exact) mass is 299 g/mol. The molecule has 1 aliphatic carbocycles. The van der Waals surface area contributed by atoms with Crippen molar-refractivity contribution in [3.63, 3.8) is 0 Å². The highest BCUT2D eigenvalue weighted by atomic mass is 79.9. The Balaban J connectivity index is 2.13. The molecule has 0 radical (unpaired) electrons. The molecule has 1 N–H and O–H groups in total. The fraction of sp³-hybridized carbons (Fsp3) is 0.571. The van der Waals surface area contributed by atoms with E-state index >= 15 is 0 Å². The van der Waals surface area contributed by atoms with Crippen LogP contribution in [0.5, 0.6) is 0 Å². The zero-order valence-corrected chi connectivity index (χ0v) is 11.9. The van der Waals surface area contributed by atoms with Gasteiger partial charge in [0.1, 0.15) is 5.82 Å². The second kappa shape index (κ2) is 5.38. The van der Waals surface area contributed by atoms with Gasteiger partial charge in [0.2, 0.25) is 0 Å². The first-order chi connectivity index (χ1) is 8.08. The molecule has 1 aliphatic rings. The summed E-state index contributed by atoms with van der Waals surface area (Å²) in [6, 6.07) is 5.59. The van der Waals surface area contributed by atoms with E-state index in [0.29, 0.717) is 23.6 Å². The van der Waals surface area contributed by atoms with Crippen LogP contribution in [0.15, 0.2) is 22.7 Å². The average molecular weight is 300 g/mol. The Morgan fingerprint density at radius 3 is 2.47 bits per heavy atom. The zero-order valence-electron chi connectivity index (χ0n) is 10.3. The summed E-state index contributed by atoms with van der Waals surface area (Å²) >= 11 is 3.28. The first-order valence-corrected chi connectivity index (χ1v) is 7.09. The molecule has 0 aliphatic heterocycles. The molecule has 0 heterocycles. The Bertz CT molecular complexity index is 384. The van der Waals surface area contributed by atoms with Gasteiger partial charge < -0.3 is 5.32 Å². The summed E-state index contributed by atoms with van der Waals surface area (Å²) in [6.07, 6.45) is 3.77. The van der Waals surface area contributed by atoms with Crippen LogP contribution in [0.2, 0.25) is 0 Å². The number of rotatable bonds is 2. The predicted molar refractivity (Wildman–Crippen MR) is 73.7 cm³/mol. The molecule has 2 rings (SSSR count). The van der Waals surface area contributed by atoms with Gasteiger partial charge in [-0.1, -0.05) is 36.2 Å². The van der Waals surface area contributed by atoms with Crippen LogP contribution in [0, 0.1) is 17.7 Å². The number of anilines is 1. The molecule has 1 aromatic rings. The van der Waals surface area contributed by atoms with Crippen molar-refractivity contribution in [2.75, 3.05) is 5.32 Å². The van der Waals surface area contributed by atoms with Crippen molar-refractivity contribution in [3.05, 3.63) is 28.5 Å². The molecule has 2 atom stereocenters. The van der Waals surface area contributed by atoms with E-state index in [9.17, 15) is 4.39 Å². The van der Waals surface area contributed by atoms with Crippen LogP contribution in [0.1, 0.15) is 33.1 Å². The Hall–Kier alpha value is -0.570. The Morgan fingerprint density at radius 1 is 1.24 bits per heavy atom. The maximum atomic E-state index is 13.8. The predicted octanol–water partition coefficient (Wildman–Crippen LogP) is 4.82. The van der Waals surface area contributed by atoms with Crippen molar-refractivity contribution in [1.82, 2.24) is 0 Å². The first kappa shape index (κ1) is 12.9. The van der Waals surface area contributed by atoms with Gasteiger partial charge in [-0.05, 0) is 42.9 Å². The lowest BCUT2D eigenvalue weighted by atomic mass is 9.78. The normalized spacial score (nSPS) is 29.1. The molecule has 0 saturated heterocycles. The Kier molecular flexibility index (Phi) is 4.08. The van der Waals surface area contributed by atoms with Crippen molar-refractivity contribution in [1.29, 1.82) is 0 Å². The maximum absolute atomic E-state index is 13.8. The number of hydrogen-bond acceptors (Lipinski definition) is 1. The van der Waals surface area contributed by atoms with Crippen LogP contribution in [-0.4, -0.2) is 6.04 Å². The van der Waals surface area contributed by atoms with Gasteiger partial charge >= 0.3 is 0 Å². The molecule has 17 heavy (non-hydrogen) atoms. The summed E-state index contributed by atoms with van der Waals surface area (Å²) in [7, 11) is 0. The minimum atomic E-state index is -0.177. The Labute approximate surface area is 111 Å². The second-order valence-corrected chi connectivity index (χ2v) is 6.10. The third-order valence-electron chi connectivity index (χ3n) is 3.80. The third-order valence-corrected chi connectivity index (χ3v) is 4.29. The van der Waals surface area contributed by atoms with E-state index in [1.807, 2.05) is 12.1 Å². The van der Waals surface area contributed by atoms with Crippen molar-refractivity contribution >= 4 is 21.6 Å². The fourth-order valence-electron chi connectivity index (χ4n) is 2.75. The molecule has 0 amide bonds. The topological polar surface area (TPSA) is 12.0 Å². The van der Waals surface area contributed by atoms with Crippen molar-refractivity contribution in [2.45, 2.75) is 39.2 Å². The van der Waals surface area contributed by atoms with Crippen LogP contribution >= 0.6 is 15.9 Å². The van der Waals surface area contributed by atoms with Crippen LogP contribution in [0.25, 0.3) is 0 Å². The molecule has 0 bridgehead atoms. The minimum absolute atomic E-state index is 0.177. The summed E-state index contributed by atoms with van der Waals surface area (Å²) in [5.74, 6) is 1.05. The van der Waals surface area contributed by atoms with Gasteiger partial charge in [-0.25, -0.2) is 4.39 Å². The summed E-state index contributed by atoms with van der Waals surface area (Å²) in [5, 5.41) is 3.38. The van der Waals surface area contributed by atoms with E-state index in [-0.39, 0.29) is 5.82 Å².